The molecule has 0 fully saturated rings. The monoisotopic (exact) mass is 569 g/mol. The van der Waals surface area contributed by atoms with Crippen LogP contribution in [0.15, 0.2) is 35.2 Å². The first-order valence-corrected chi connectivity index (χ1v) is 12.7. The summed E-state index contributed by atoms with van der Waals surface area (Å²) in [6.45, 7) is 0.751. The van der Waals surface area contributed by atoms with Crippen LogP contribution in [0, 0.1) is 11.7 Å². The lowest BCUT2D eigenvalue weighted by molar-refractivity contribution is -0.143. The van der Waals surface area contributed by atoms with Gasteiger partial charge in [-0.15, -0.1) is 0 Å². The van der Waals surface area contributed by atoms with Crippen molar-refractivity contribution in [2.75, 3.05) is 25.1 Å². The summed E-state index contributed by atoms with van der Waals surface area (Å²) in [6, 6.07) is 3.85. The Kier molecular flexibility index (Phi) is 8.22. The normalized spacial score (nSPS) is 19.0. The lowest BCUT2D eigenvalue weighted by atomic mass is 10.1. The largest absolute Gasteiger partial charge is 0.490 e. The molecule has 1 aromatic heterocycles. The standard InChI is InChI=1S/C23H25F6N3O5S/c1-13(21(33)34)12-37-17-10-18-20(30-19(17)23(27,28)29)32(15-6-4-14(24)5-7-15)11-16(8-9-22(2,25)26)31(3)38(18,35)36/h4-7,10,13,16H,8-9,11-12H2,1-3H3,(H,33,34)/t13-,16-/m1/s1. The van der Waals surface area contributed by atoms with Gasteiger partial charge in [0.2, 0.25) is 15.9 Å². The van der Waals surface area contributed by atoms with Crippen molar-refractivity contribution in [2.45, 2.75) is 49.7 Å². The average Bonchev–Trinajstić information content (AvgIpc) is 2.88. The highest BCUT2D eigenvalue weighted by Gasteiger charge is 2.44. The number of carbonyl (C=O) groups is 1. The Bertz CT molecular complexity index is 1280. The van der Waals surface area contributed by atoms with Gasteiger partial charge in [-0.1, -0.05) is 0 Å². The van der Waals surface area contributed by atoms with E-state index in [9.17, 15) is 39.6 Å². The summed E-state index contributed by atoms with van der Waals surface area (Å²) >= 11 is 0. The maximum absolute atomic E-state index is 14.0. The first-order chi connectivity index (χ1) is 17.4. The second kappa shape index (κ2) is 10.6. The van der Waals surface area contributed by atoms with Crippen LogP contribution >= 0.6 is 0 Å². The Morgan fingerprint density at radius 3 is 2.34 bits per heavy atom. The van der Waals surface area contributed by atoms with Crippen LogP contribution in [0.5, 0.6) is 5.75 Å². The van der Waals surface area contributed by atoms with Crippen molar-refractivity contribution in [2.24, 2.45) is 5.92 Å². The smallest absolute Gasteiger partial charge is 0.437 e. The molecule has 0 saturated heterocycles. The number of carboxylic acid groups (broad SMARTS) is 1. The van der Waals surface area contributed by atoms with Gasteiger partial charge in [-0.05, 0) is 44.5 Å². The number of pyridine rings is 1. The van der Waals surface area contributed by atoms with E-state index < -0.39 is 81.1 Å². The number of hydrogen-bond acceptors (Lipinski definition) is 6. The number of halogens is 6. The van der Waals surface area contributed by atoms with Gasteiger partial charge in [-0.3, -0.25) is 4.79 Å². The third kappa shape index (κ3) is 6.49. The van der Waals surface area contributed by atoms with Crippen LogP contribution in [0.4, 0.5) is 37.8 Å². The van der Waals surface area contributed by atoms with E-state index in [-0.39, 0.29) is 18.7 Å². The molecule has 0 amide bonds. The van der Waals surface area contributed by atoms with E-state index in [0.29, 0.717) is 13.0 Å². The molecular formula is C23H25F6N3O5S. The minimum absolute atomic E-state index is 0.0696. The molecule has 210 valence electrons. The number of benzene rings is 1. The minimum atomic E-state index is -5.14. The summed E-state index contributed by atoms with van der Waals surface area (Å²) in [6.07, 6.45) is -6.21. The summed E-state index contributed by atoms with van der Waals surface area (Å²) in [4.78, 5) is 15.1. The zero-order chi connectivity index (χ0) is 28.6. The summed E-state index contributed by atoms with van der Waals surface area (Å²) in [5.41, 5.74) is -1.54. The van der Waals surface area contributed by atoms with Gasteiger partial charge in [0.05, 0.1) is 5.92 Å². The van der Waals surface area contributed by atoms with Crippen LogP contribution < -0.4 is 9.64 Å². The molecule has 0 unspecified atom stereocenters. The van der Waals surface area contributed by atoms with Crippen molar-refractivity contribution in [3.8, 4) is 5.75 Å². The van der Waals surface area contributed by atoms with E-state index in [1.165, 1.54) is 19.1 Å². The number of rotatable bonds is 8. The summed E-state index contributed by atoms with van der Waals surface area (Å²) in [7, 11) is -3.51. The molecule has 0 spiro atoms. The van der Waals surface area contributed by atoms with Crippen LogP contribution in [-0.4, -0.2) is 60.9 Å². The molecule has 0 radical (unpaired) electrons. The van der Waals surface area contributed by atoms with Crippen molar-refractivity contribution in [1.29, 1.82) is 0 Å². The molecule has 0 aliphatic carbocycles. The number of nitrogens with zero attached hydrogens (tertiary/aromatic N) is 3. The van der Waals surface area contributed by atoms with E-state index in [0.717, 1.165) is 28.4 Å². The molecule has 2 aromatic rings. The van der Waals surface area contributed by atoms with Crippen LogP contribution in [-0.2, 0) is 21.0 Å². The van der Waals surface area contributed by atoms with E-state index >= 15 is 0 Å². The highest BCUT2D eigenvalue weighted by molar-refractivity contribution is 7.89. The molecule has 0 bridgehead atoms. The SMILES string of the molecule is C[C@H](COc1cc2c(nc1C(F)(F)F)N(c1ccc(F)cc1)C[C@@H](CCC(C)(F)F)N(C)S2(=O)=O)C(=O)O. The topological polar surface area (TPSA) is 100 Å². The molecule has 0 saturated carbocycles. The summed E-state index contributed by atoms with van der Waals surface area (Å²) < 4.78 is 116. The fourth-order valence-electron chi connectivity index (χ4n) is 3.76. The maximum Gasteiger partial charge on any atom is 0.437 e. The van der Waals surface area contributed by atoms with Crippen molar-refractivity contribution in [3.05, 3.63) is 41.8 Å². The quantitative estimate of drug-likeness (QED) is 0.451. The van der Waals surface area contributed by atoms with Crippen molar-refractivity contribution >= 4 is 27.5 Å². The van der Waals surface area contributed by atoms with Crippen LogP contribution in [0.2, 0.25) is 0 Å². The third-order valence-electron chi connectivity index (χ3n) is 5.99. The fourth-order valence-corrected chi connectivity index (χ4v) is 5.27. The Hall–Kier alpha value is -3.07. The van der Waals surface area contributed by atoms with Gasteiger partial charge in [-0.25, -0.2) is 26.6 Å². The van der Waals surface area contributed by atoms with Gasteiger partial charge >= 0.3 is 12.1 Å². The lowest BCUT2D eigenvalue weighted by Crippen LogP contribution is -2.41. The molecule has 3 rings (SSSR count). The van der Waals surface area contributed by atoms with E-state index in [4.69, 9.17) is 9.84 Å². The number of ether oxygens (including phenoxy) is 1. The number of likely N-dealkylation sites (N-methyl/N-ethyl adjacent to an activating group) is 1. The summed E-state index contributed by atoms with van der Waals surface area (Å²) in [5, 5.41) is 9.05. The number of hydrogen-bond donors (Lipinski definition) is 1. The first kappa shape index (κ1) is 29.5. The number of fused-ring (bicyclic) bond motifs is 1. The van der Waals surface area contributed by atoms with Gasteiger partial charge in [-0.2, -0.15) is 17.5 Å². The molecule has 1 N–H and O–H groups in total. The second-order valence-electron chi connectivity index (χ2n) is 9.08. The Morgan fingerprint density at radius 1 is 1.21 bits per heavy atom. The molecule has 8 nitrogen and oxygen atoms in total. The van der Waals surface area contributed by atoms with Crippen LogP contribution in [0.1, 0.15) is 32.4 Å². The zero-order valence-corrected chi connectivity index (χ0v) is 21.3. The van der Waals surface area contributed by atoms with Gasteiger partial charge < -0.3 is 14.7 Å². The van der Waals surface area contributed by atoms with Crippen molar-refractivity contribution in [1.82, 2.24) is 9.29 Å². The highest BCUT2D eigenvalue weighted by atomic mass is 32.2. The third-order valence-corrected chi connectivity index (χ3v) is 7.90. The maximum atomic E-state index is 14.0. The molecule has 1 aliphatic heterocycles. The van der Waals surface area contributed by atoms with Gasteiger partial charge in [0.1, 0.15) is 17.3 Å². The van der Waals surface area contributed by atoms with Crippen molar-refractivity contribution in [3.63, 3.8) is 0 Å². The van der Waals surface area contributed by atoms with E-state index in [1.54, 1.807) is 0 Å². The molecule has 1 aliphatic rings. The summed E-state index contributed by atoms with van der Waals surface area (Å²) in [5.74, 6) is -8.08. The van der Waals surface area contributed by atoms with Gasteiger partial charge in [0.15, 0.2) is 17.3 Å². The molecule has 2 heterocycles. The van der Waals surface area contributed by atoms with Gasteiger partial charge in [0, 0.05) is 37.8 Å². The van der Waals surface area contributed by atoms with Gasteiger partial charge in [0.25, 0.3) is 0 Å². The molecule has 2 atom stereocenters. The Morgan fingerprint density at radius 2 is 1.82 bits per heavy atom. The molecule has 38 heavy (non-hydrogen) atoms. The predicted molar refractivity (Wildman–Crippen MR) is 124 cm³/mol. The second-order valence-corrected chi connectivity index (χ2v) is 11.0. The minimum Gasteiger partial charge on any atom is -0.490 e. The predicted octanol–water partition coefficient (Wildman–Crippen LogP) is 4.92. The molecular weight excluding hydrogens is 544 g/mol. The zero-order valence-electron chi connectivity index (χ0n) is 20.5. The fraction of sp³-hybridized carbons (Fsp3) is 0.478. The van der Waals surface area contributed by atoms with E-state index in [1.807, 2.05) is 0 Å². The first-order valence-electron chi connectivity index (χ1n) is 11.3. The highest BCUT2D eigenvalue weighted by Crippen LogP contribution is 2.43. The number of anilines is 2. The van der Waals surface area contributed by atoms with Crippen LogP contribution in [0.25, 0.3) is 0 Å². The number of aromatic nitrogens is 1. The lowest BCUT2D eigenvalue weighted by Gasteiger charge is -2.29. The average molecular weight is 570 g/mol. The number of carboxylic acids is 1. The Balaban J connectivity index is 2.25. The van der Waals surface area contributed by atoms with Crippen molar-refractivity contribution < 1.29 is 49.4 Å². The van der Waals surface area contributed by atoms with E-state index in [2.05, 4.69) is 4.98 Å². The molecule has 15 heteroatoms. The molecule has 1 aromatic carbocycles. The number of sulfonamides is 1. The Labute approximate surface area is 214 Å². The number of aliphatic carboxylic acids is 1. The van der Waals surface area contributed by atoms with Crippen LogP contribution in [0.3, 0.4) is 0 Å². The number of alkyl halides is 5.